The fourth-order valence-electron chi connectivity index (χ4n) is 2.04. The number of phenolic OH excluding ortho intramolecular Hbond substituents is 1. The highest BCUT2D eigenvalue weighted by Crippen LogP contribution is 2.37. The van der Waals surface area contributed by atoms with Gasteiger partial charge in [0, 0.05) is 16.2 Å². The molecule has 1 amide bonds. The van der Waals surface area contributed by atoms with Gasteiger partial charge in [0.05, 0.1) is 12.0 Å². The Morgan fingerprint density at radius 3 is 2.58 bits per heavy atom. The van der Waals surface area contributed by atoms with E-state index in [2.05, 4.69) is 21.2 Å². The van der Waals surface area contributed by atoms with Gasteiger partial charge in [-0.25, -0.2) is 0 Å². The lowest BCUT2D eigenvalue weighted by atomic mass is 10.1. The van der Waals surface area contributed by atoms with Gasteiger partial charge in [0.15, 0.2) is 5.75 Å². The molecule has 0 aliphatic rings. The van der Waals surface area contributed by atoms with Crippen molar-refractivity contribution < 1.29 is 19.6 Å². The molecule has 9 heteroatoms. The van der Waals surface area contributed by atoms with Crippen LogP contribution < -0.4 is 10.1 Å². The van der Waals surface area contributed by atoms with Crippen LogP contribution in [0.5, 0.6) is 11.5 Å². The zero-order valence-electron chi connectivity index (χ0n) is 13.4. The number of anilines is 1. The van der Waals surface area contributed by atoms with Crippen molar-refractivity contribution in [1.29, 1.82) is 5.26 Å². The lowest BCUT2D eigenvalue weighted by molar-refractivity contribution is -0.386. The Morgan fingerprint density at radius 2 is 2.04 bits per heavy atom. The molecule has 132 valence electrons. The Kier molecular flexibility index (Phi) is 5.93. The fraction of sp³-hybridized carbons (Fsp3) is 0.0588. The van der Waals surface area contributed by atoms with Crippen molar-refractivity contribution in [3.63, 3.8) is 0 Å². The van der Waals surface area contributed by atoms with Crippen molar-refractivity contribution in [2.45, 2.75) is 0 Å². The number of halogens is 1. The predicted molar refractivity (Wildman–Crippen MR) is 97.7 cm³/mol. The summed E-state index contributed by atoms with van der Waals surface area (Å²) in [5.74, 6) is -1.45. The first-order valence-corrected chi connectivity index (χ1v) is 7.89. The number of benzene rings is 2. The van der Waals surface area contributed by atoms with E-state index in [1.807, 2.05) is 0 Å². The van der Waals surface area contributed by atoms with Crippen LogP contribution in [-0.4, -0.2) is 23.0 Å². The zero-order chi connectivity index (χ0) is 19.3. The minimum Gasteiger partial charge on any atom is -0.500 e. The molecule has 2 aromatic carbocycles. The Balaban J connectivity index is 2.37. The number of methoxy groups -OCH3 is 1. The van der Waals surface area contributed by atoms with Crippen molar-refractivity contribution in [3.05, 3.63) is 62.1 Å². The molecule has 0 saturated carbocycles. The van der Waals surface area contributed by atoms with E-state index in [1.54, 1.807) is 30.3 Å². The molecule has 26 heavy (non-hydrogen) atoms. The number of hydrogen-bond acceptors (Lipinski definition) is 6. The molecular formula is C17H12BrN3O5. The van der Waals surface area contributed by atoms with Gasteiger partial charge in [0.1, 0.15) is 11.6 Å². The second kappa shape index (κ2) is 8.13. The summed E-state index contributed by atoms with van der Waals surface area (Å²) in [6.45, 7) is 0. The van der Waals surface area contributed by atoms with E-state index in [0.717, 1.165) is 10.5 Å². The van der Waals surface area contributed by atoms with Crippen molar-refractivity contribution >= 4 is 39.3 Å². The smallest absolute Gasteiger partial charge is 0.315 e. The molecule has 0 aliphatic heterocycles. The van der Waals surface area contributed by atoms with Gasteiger partial charge < -0.3 is 15.2 Å². The Hall–Kier alpha value is -3.38. The second-order valence-electron chi connectivity index (χ2n) is 4.98. The number of nitro benzene ring substituents is 1. The number of hydrogen-bond donors (Lipinski definition) is 2. The minimum atomic E-state index is -0.789. The number of nitrogens with one attached hydrogen (secondary N) is 1. The minimum absolute atomic E-state index is 0.143. The van der Waals surface area contributed by atoms with Crippen LogP contribution in [0.3, 0.4) is 0 Å². The largest absolute Gasteiger partial charge is 0.500 e. The van der Waals surface area contributed by atoms with E-state index in [1.165, 1.54) is 19.3 Å². The Bertz CT molecular complexity index is 933. The van der Waals surface area contributed by atoms with E-state index in [4.69, 9.17) is 4.74 Å². The number of aromatic hydroxyl groups is 1. The Labute approximate surface area is 156 Å². The lowest BCUT2D eigenvalue weighted by Gasteiger charge is -2.07. The monoisotopic (exact) mass is 417 g/mol. The number of nitro groups is 1. The number of amides is 1. The molecule has 0 radical (unpaired) electrons. The van der Waals surface area contributed by atoms with E-state index in [9.17, 15) is 25.3 Å². The third-order valence-corrected chi connectivity index (χ3v) is 3.80. The second-order valence-corrected chi connectivity index (χ2v) is 5.89. The number of rotatable bonds is 5. The number of nitriles is 1. The van der Waals surface area contributed by atoms with Crippen molar-refractivity contribution in [2.75, 3.05) is 12.4 Å². The molecule has 2 rings (SSSR count). The normalized spacial score (nSPS) is 10.7. The first kappa shape index (κ1) is 19.0. The summed E-state index contributed by atoms with van der Waals surface area (Å²) in [5.41, 5.74) is -0.223. The fourth-order valence-corrected chi connectivity index (χ4v) is 2.30. The SMILES string of the molecule is COc1cc(/C=C(/C#N)C(=O)Nc2ccc(Br)cc2)cc([N+](=O)[O-])c1O. The summed E-state index contributed by atoms with van der Waals surface area (Å²) < 4.78 is 5.72. The maximum atomic E-state index is 12.2. The summed E-state index contributed by atoms with van der Waals surface area (Å²) in [7, 11) is 1.23. The van der Waals surface area contributed by atoms with Gasteiger partial charge in [-0.2, -0.15) is 5.26 Å². The molecule has 2 N–H and O–H groups in total. The average molecular weight is 418 g/mol. The molecule has 8 nitrogen and oxygen atoms in total. The van der Waals surface area contributed by atoms with Crippen LogP contribution in [0.2, 0.25) is 0 Å². The molecule has 0 fully saturated rings. The topological polar surface area (TPSA) is 125 Å². The predicted octanol–water partition coefficient (Wildman–Crippen LogP) is 3.62. The summed E-state index contributed by atoms with van der Waals surface area (Å²) in [4.78, 5) is 22.5. The van der Waals surface area contributed by atoms with Crippen molar-refractivity contribution in [1.82, 2.24) is 0 Å². The third kappa shape index (κ3) is 4.37. The molecule has 0 unspecified atom stereocenters. The van der Waals surface area contributed by atoms with Crippen molar-refractivity contribution in [3.8, 4) is 17.6 Å². The molecule has 0 aliphatic carbocycles. The average Bonchev–Trinajstić information content (AvgIpc) is 2.62. The molecule has 0 heterocycles. The van der Waals surface area contributed by atoms with Gasteiger partial charge in [-0.1, -0.05) is 15.9 Å². The summed E-state index contributed by atoms with van der Waals surface area (Å²) in [6.07, 6.45) is 1.17. The van der Waals surface area contributed by atoms with E-state index < -0.39 is 22.3 Å². The van der Waals surface area contributed by atoms with Gasteiger partial charge in [-0.15, -0.1) is 0 Å². The molecule has 0 aromatic heterocycles. The van der Waals surface area contributed by atoms with Gasteiger partial charge >= 0.3 is 5.69 Å². The molecule has 2 aromatic rings. The molecule has 0 bridgehead atoms. The first-order chi connectivity index (χ1) is 12.3. The van der Waals surface area contributed by atoms with Gasteiger partial charge in [0.25, 0.3) is 5.91 Å². The van der Waals surface area contributed by atoms with Gasteiger partial charge in [0.2, 0.25) is 5.75 Å². The molecule has 0 spiro atoms. The van der Waals surface area contributed by atoms with E-state index >= 15 is 0 Å². The third-order valence-electron chi connectivity index (χ3n) is 3.27. The maximum Gasteiger partial charge on any atom is 0.315 e. The van der Waals surface area contributed by atoms with Crippen LogP contribution in [0.4, 0.5) is 11.4 Å². The molecule has 0 saturated heterocycles. The summed E-state index contributed by atoms with van der Waals surface area (Å²) in [6, 6.07) is 10.8. The molecule has 0 atom stereocenters. The van der Waals surface area contributed by atoms with Gasteiger partial charge in [-0.3, -0.25) is 14.9 Å². The number of nitrogens with zero attached hydrogens (tertiary/aromatic N) is 2. The van der Waals surface area contributed by atoms with E-state index in [-0.39, 0.29) is 16.9 Å². The quantitative estimate of drug-likeness (QED) is 0.331. The maximum absolute atomic E-state index is 12.2. The Morgan fingerprint density at radius 1 is 1.38 bits per heavy atom. The summed E-state index contributed by atoms with van der Waals surface area (Å²) in [5, 5.41) is 32.6. The highest BCUT2D eigenvalue weighted by molar-refractivity contribution is 9.10. The highest BCUT2D eigenvalue weighted by Gasteiger charge is 2.20. The first-order valence-electron chi connectivity index (χ1n) is 7.09. The number of carbonyl (C=O) groups is 1. The lowest BCUT2D eigenvalue weighted by Crippen LogP contribution is -2.13. The van der Waals surface area contributed by atoms with Crippen LogP contribution in [0.15, 0.2) is 46.4 Å². The van der Waals surface area contributed by atoms with Crippen LogP contribution in [0, 0.1) is 21.4 Å². The van der Waals surface area contributed by atoms with Gasteiger partial charge in [-0.05, 0) is 42.0 Å². The van der Waals surface area contributed by atoms with Crippen LogP contribution >= 0.6 is 15.9 Å². The molecular weight excluding hydrogens is 406 g/mol. The highest BCUT2D eigenvalue weighted by atomic mass is 79.9. The van der Waals surface area contributed by atoms with Crippen LogP contribution in [-0.2, 0) is 4.79 Å². The van der Waals surface area contributed by atoms with Crippen molar-refractivity contribution in [2.24, 2.45) is 0 Å². The van der Waals surface area contributed by atoms with E-state index in [0.29, 0.717) is 5.69 Å². The number of phenols is 1. The number of ether oxygens (including phenoxy) is 1. The standard InChI is InChI=1S/C17H12BrN3O5/c1-26-15-8-10(7-14(16(15)22)21(24)25)6-11(9-19)17(23)20-13-4-2-12(18)3-5-13/h2-8,22H,1H3,(H,20,23)/b11-6-. The zero-order valence-corrected chi connectivity index (χ0v) is 15.0. The van der Waals surface area contributed by atoms with Crippen LogP contribution in [0.1, 0.15) is 5.56 Å². The number of carbonyl (C=O) groups excluding carboxylic acids is 1. The summed E-state index contributed by atoms with van der Waals surface area (Å²) >= 11 is 3.27. The van der Waals surface area contributed by atoms with Crippen LogP contribution in [0.25, 0.3) is 6.08 Å².